The number of nitrogens with zero attached hydrogens (tertiary/aromatic N) is 1. The molecule has 3 heteroatoms. The first-order chi connectivity index (χ1) is 13.1. The minimum Gasteiger partial charge on any atom is -0.469 e. The summed E-state index contributed by atoms with van der Waals surface area (Å²) < 4.78 is 5.18. The topological polar surface area (TPSA) is 29.5 Å². The predicted octanol–water partition coefficient (Wildman–Crippen LogP) is 4.49. The van der Waals surface area contributed by atoms with Crippen molar-refractivity contribution in [2.75, 3.05) is 14.2 Å². The second-order valence-corrected chi connectivity index (χ2v) is 7.82. The van der Waals surface area contributed by atoms with E-state index >= 15 is 0 Å². The molecule has 0 aromatic heterocycles. The van der Waals surface area contributed by atoms with Gasteiger partial charge in [0.15, 0.2) is 0 Å². The van der Waals surface area contributed by atoms with Crippen LogP contribution >= 0.6 is 0 Å². The molecule has 0 aliphatic carbocycles. The van der Waals surface area contributed by atoms with Crippen molar-refractivity contribution in [3.63, 3.8) is 0 Å². The first kappa shape index (κ1) is 18.0. The van der Waals surface area contributed by atoms with Crippen LogP contribution in [0.3, 0.4) is 0 Å². The van der Waals surface area contributed by atoms with Crippen molar-refractivity contribution < 1.29 is 9.53 Å². The Morgan fingerprint density at radius 3 is 2.37 bits per heavy atom. The number of piperidine rings is 1. The number of benzene rings is 2. The molecule has 2 fully saturated rings. The van der Waals surface area contributed by atoms with E-state index in [1.807, 2.05) is 18.2 Å². The van der Waals surface area contributed by atoms with Gasteiger partial charge in [0, 0.05) is 18.0 Å². The Morgan fingerprint density at radius 1 is 1.04 bits per heavy atom. The SMILES string of the molecule is C=C(c1ccccc1)c1ccc([C@H]2CC3CC[C@H](C2C(=O)OC)N3C)cc1. The Hall–Kier alpha value is -2.39. The van der Waals surface area contributed by atoms with Crippen LogP contribution in [0.5, 0.6) is 0 Å². The standard InChI is InChI=1S/C24H27NO2/c1-16(17-7-5-4-6-8-17)18-9-11-19(12-10-18)21-15-20-13-14-22(25(20)2)23(21)24(26)27-3/h4-12,20-23H,1,13-15H2,2-3H3/t20?,21-,22-,23?/m1/s1. The lowest BCUT2D eigenvalue weighted by molar-refractivity contribution is -0.150. The fourth-order valence-corrected chi connectivity index (χ4v) is 5.00. The highest BCUT2D eigenvalue weighted by Gasteiger charge is 2.49. The molecule has 0 radical (unpaired) electrons. The third-order valence-electron chi connectivity index (χ3n) is 6.55. The van der Waals surface area contributed by atoms with Gasteiger partial charge in [0.05, 0.1) is 13.0 Å². The maximum absolute atomic E-state index is 12.6. The number of ether oxygens (including phenoxy) is 1. The zero-order valence-electron chi connectivity index (χ0n) is 16.1. The molecule has 0 spiro atoms. The molecule has 140 valence electrons. The van der Waals surface area contributed by atoms with E-state index < -0.39 is 0 Å². The fourth-order valence-electron chi connectivity index (χ4n) is 5.00. The Labute approximate surface area is 161 Å². The Morgan fingerprint density at radius 2 is 1.70 bits per heavy atom. The van der Waals surface area contributed by atoms with Crippen LogP contribution < -0.4 is 0 Å². The van der Waals surface area contributed by atoms with E-state index in [4.69, 9.17) is 4.74 Å². The number of hydrogen-bond acceptors (Lipinski definition) is 3. The summed E-state index contributed by atoms with van der Waals surface area (Å²) in [6.07, 6.45) is 3.28. The summed E-state index contributed by atoms with van der Waals surface area (Å²) in [6, 6.07) is 19.7. The molecule has 2 saturated heterocycles. The highest BCUT2D eigenvalue weighted by atomic mass is 16.5. The second-order valence-electron chi connectivity index (χ2n) is 7.82. The van der Waals surface area contributed by atoms with Gasteiger partial charge >= 0.3 is 5.97 Å². The number of rotatable bonds is 4. The molecule has 0 saturated carbocycles. The van der Waals surface area contributed by atoms with E-state index in [-0.39, 0.29) is 17.8 Å². The summed E-state index contributed by atoms with van der Waals surface area (Å²) in [5, 5.41) is 0. The van der Waals surface area contributed by atoms with Gasteiger partial charge in [-0.2, -0.15) is 0 Å². The highest BCUT2D eigenvalue weighted by Crippen LogP contribution is 2.46. The minimum atomic E-state index is -0.0816. The Bertz CT molecular complexity index is 827. The van der Waals surface area contributed by atoms with Crippen molar-refractivity contribution in [1.82, 2.24) is 4.90 Å². The van der Waals surface area contributed by atoms with Crippen LogP contribution in [0.2, 0.25) is 0 Å². The van der Waals surface area contributed by atoms with Gasteiger partial charge in [0.25, 0.3) is 0 Å². The van der Waals surface area contributed by atoms with Crippen LogP contribution in [0, 0.1) is 5.92 Å². The first-order valence-electron chi connectivity index (χ1n) is 9.74. The molecule has 27 heavy (non-hydrogen) atoms. The third kappa shape index (κ3) is 3.21. The van der Waals surface area contributed by atoms with Crippen molar-refractivity contribution in [2.45, 2.75) is 37.3 Å². The lowest BCUT2D eigenvalue weighted by atomic mass is 9.76. The van der Waals surface area contributed by atoms with Crippen molar-refractivity contribution in [1.29, 1.82) is 0 Å². The van der Waals surface area contributed by atoms with E-state index in [2.05, 4.69) is 54.9 Å². The molecule has 2 unspecified atom stereocenters. The van der Waals surface area contributed by atoms with E-state index in [9.17, 15) is 4.79 Å². The summed E-state index contributed by atoms with van der Waals surface area (Å²) in [5.74, 6) is 0.0714. The monoisotopic (exact) mass is 361 g/mol. The van der Waals surface area contributed by atoms with Gasteiger partial charge in [-0.25, -0.2) is 0 Å². The van der Waals surface area contributed by atoms with Gasteiger partial charge in [-0.1, -0.05) is 61.2 Å². The van der Waals surface area contributed by atoms with Crippen LogP contribution in [0.25, 0.3) is 5.57 Å². The maximum atomic E-state index is 12.6. The summed E-state index contributed by atoms with van der Waals surface area (Å²) >= 11 is 0. The molecular formula is C24H27NO2. The van der Waals surface area contributed by atoms with Gasteiger partial charge in [-0.3, -0.25) is 9.69 Å². The number of hydrogen-bond donors (Lipinski definition) is 0. The Kier molecular flexibility index (Phi) is 4.88. The van der Waals surface area contributed by atoms with Crippen molar-refractivity contribution in [2.24, 2.45) is 5.92 Å². The quantitative estimate of drug-likeness (QED) is 0.752. The molecule has 0 amide bonds. The largest absolute Gasteiger partial charge is 0.469 e. The average molecular weight is 361 g/mol. The molecule has 2 aliphatic rings. The van der Waals surface area contributed by atoms with Gasteiger partial charge in [0.2, 0.25) is 0 Å². The fraction of sp³-hybridized carbons (Fsp3) is 0.375. The molecule has 4 rings (SSSR count). The maximum Gasteiger partial charge on any atom is 0.310 e. The van der Waals surface area contributed by atoms with Crippen LogP contribution in [-0.4, -0.2) is 37.1 Å². The van der Waals surface area contributed by atoms with Crippen LogP contribution in [0.15, 0.2) is 61.2 Å². The lowest BCUT2D eigenvalue weighted by Crippen LogP contribution is -2.49. The molecule has 2 aromatic carbocycles. The van der Waals surface area contributed by atoms with Gasteiger partial charge in [-0.15, -0.1) is 0 Å². The van der Waals surface area contributed by atoms with Gasteiger partial charge < -0.3 is 4.74 Å². The second kappa shape index (κ2) is 7.32. The van der Waals surface area contributed by atoms with E-state index in [1.54, 1.807) is 0 Å². The predicted molar refractivity (Wildman–Crippen MR) is 108 cm³/mol. The molecule has 2 heterocycles. The minimum absolute atomic E-state index is 0.0741. The van der Waals surface area contributed by atoms with Crippen LogP contribution in [-0.2, 0) is 9.53 Å². The van der Waals surface area contributed by atoms with Crippen molar-refractivity contribution >= 4 is 11.5 Å². The lowest BCUT2D eigenvalue weighted by Gasteiger charge is -2.41. The Balaban J connectivity index is 1.61. The summed E-state index contributed by atoms with van der Waals surface area (Å²) in [5.41, 5.74) is 4.51. The molecule has 2 bridgehead atoms. The average Bonchev–Trinajstić information content (AvgIpc) is 2.95. The van der Waals surface area contributed by atoms with Crippen molar-refractivity contribution in [3.05, 3.63) is 77.9 Å². The normalized spacial score (nSPS) is 27.3. The molecule has 2 aromatic rings. The van der Waals surface area contributed by atoms with Crippen LogP contribution in [0.4, 0.5) is 0 Å². The van der Waals surface area contributed by atoms with Gasteiger partial charge in [-0.05, 0) is 48.6 Å². The third-order valence-corrected chi connectivity index (χ3v) is 6.55. The molecule has 4 atom stereocenters. The van der Waals surface area contributed by atoms with E-state index in [1.165, 1.54) is 19.1 Å². The highest BCUT2D eigenvalue weighted by molar-refractivity contribution is 5.78. The summed E-state index contributed by atoms with van der Waals surface area (Å²) in [4.78, 5) is 15.0. The molecule has 2 aliphatic heterocycles. The summed E-state index contributed by atoms with van der Waals surface area (Å²) in [6.45, 7) is 4.26. The number of esters is 1. The van der Waals surface area contributed by atoms with Crippen LogP contribution in [0.1, 0.15) is 41.9 Å². The molecule has 3 nitrogen and oxygen atoms in total. The zero-order valence-corrected chi connectivity index (χ0v) is 16.1. The van der Waals surface area contributed by atoms with E-state index in [0.29, 0.717) is 12.1 Å². The van der Waals surface area contributed by atoms with Crippen molar-refractivity contribution in [3.8, 4) is 0 Å². The first-order valence-corrected chi connectivity index (χ1v) is 9.74. The molecule has 0 N–H and O–H groups in total. The summed E-state index contributed by atoms with van der Waals surface area (Å²) in [7, 11) is 3.66. The van der Waals surface area contributed by atoms with Gasteiger partial charge in [0.1, 0.15) is 0 Å². The number of carbonyl (C=O) groups excluding carboxylic acids is 1. The zero-order chi connectivity index (χ0) is 19.0. The van der Waals surface area contributed by atoms with E-state index in [0.717, 1.165) is 29.5 Å². The smallest absolute Gasteiger partial charge is 0.310 e. The number of fused-ring (bicyclic) bond motifs is 2. The number of carbonyl (C=O) groups is 1. The number of methoxy groups -OCH3 is 1. The molecular weight excluding hydrogens is 334 g/mol.